The normalized spacial score (nSPS) is 16.0. The van der Waals surface area contributed by atoms with Gasteiger partial charge >= 0.3 is 0 Å². The second kappa shape index (κ2) is 5.99. The van der Waals surface area contributed by atoms with E-state index in [1.807, 2.05) is 51.5 Å². The van der Waals surface area contributed by atoms with Crippen LogP contribution < -0.4 is 5.73 Å². The van der Waals surface area contributed by atoms with Crippen molar-refractivity contribution in [2.75, 3.05) is 0 Å². The first kappa shape index (κ1) is 13.8. The molecular weight excluding hydrogens is 238 g/mol. The summed E-state index contributed by atoms with van der Waals surface area (Å²) in [5, 5.41) is 4.18. The van der Waals surface area contributed by atoms with Gasteiger partial charge in [-0.05, 0) is 19.4 Å². The number of ether oxygens (including phenoxy) is 1. The van der Waals surface area contributed by atoms with Crippen molar-refractivity contribution in [1.29, 1.82) is 0 Å². The lowest BCUT2D eigenvalue weighted by molar-refractivity contribution is -0.0162. The van der Waals surface area contributed by atoms with Crippen LogP contribution in [-0.4, -0.2) is 15.8 Å². The van der Waals surface area contributed by atoms with E-state index in [0.717, 1.165) is 11.1 Å². The van der Waals surface area contributed by atoms with Crippen LogP contribution in [0.2, 0.25) is 0 Å². The van der Waals surface area contributed by atoms with E-state index < -0.39 is 0 Å². The molecule has 102 valence electrons. The molecule has 3 atom stereocenters. The van der Waals surface area contributed by atoms with E-state index in [1.165, 1.54) is 0 Å². The lowest BCUT2D eigenvalue weighted by atomic mass is 10.1. The van der Waals surface area contributed by atoms with Crippen LogP contribution in [0.15, 0.2) is 42.7 Å². The van der Waals surface area contributed by atoms with Crippen molar-refractivity contribution in [3.05, 3.63) is 53.9 Å². The van der Waals surface area contributed by atoms with E-state index in [0.29, 0.717) is 0 Å². The summed E-state index contributed by atoms with van der Waals surface area (Å²) >= 11 is 0. The van der Waals surface area contributed by atoms with Crippen LogP contribution in [0.1, 0.15) is 37.2 Å². The summed E-state index contributed by atoms with van der Waals surface area (Å²) in [6.07, 6.45) is 3.61. The smallest absolute Gasteiger partial charge is 0.101 e. The Morgan fingerprint density at radius 1 is 1.16 bits per heavy atom. The van der Waals surface area contributed by atoms with Crippen LogP contribution in [0.4, 0.5) is 0 Å². The van der Waals surface area contributed by atoms with Gasteiger partial charge in [0.25, 0.3) is 0 Å². The van der Waals surface area contributed by atoms with Crippen molar-refractivity contribution in [2.24, 2.45) is 12.8 Å². The van der Waals surface area contributed by atoms with Gasteiger partial charge in [-0.3, -0.25) is 4.68 Å². The summed E-state index contributed by atoms with van der Waals surface area (Å²) in [7, 11) is 1.89. The van der Waals surface area contributed by atoms with Gasteiger partial charge in [-0.15, -0.1) is 0 Å². The highest BCUT2D eigenvalue weighted by Gasteiger charge is 2.21. The molecule has 0 amide bonds. The predicted molar refractivity (Wildman–Crippen MR) is 75.5 cm³/mol. The molecule has 0 fully saturated rings. The number of rotatable bonds is 5. The lowest BCUT2D eigenvalue weighted by Gasteiger charge is -2.24. The van der Waals surface area contributed by atoms with Crippen molar-refractivity contribution >= 4 is 0 Å². The molecule has 0 aliphatic rings. The molecule has 0 radical (unpaired) electrons. The number of hydrogen-bond donors (Lipinski definition) is 1. The molecular formula is C15H21N3O. The number of hydrogen-bond acceptors (Lipinski definition) is 3. The summed E-state index contributed by atoms with van der Waals surface area (Å²) in [5.41, 5.74) is 8.21. The summed E-state index contributed by atoms with van der Waals surface area (Å²) in [6, 6.07) is 10.1. The molecule has 3 unspecified atom stereocenters. The maximum absolute atomic E-state index is 6.12. The highest BCUT2D eigenvalue weighted by atomic mass is 16.5. The van der Waals surface area contributed by atoms with Gasteiger partial charge < -0.3 is 10.5 Å². The van der Waals surface area contributed by atoms with Crippen LogP contribution in [0.3, 0.4) is 0 Å². The zero-order valence-corrected chi connectivity index (χ0v) is 11.7. The molecule has 19 heavy (non-hydrogen) atoms. The summed E-state index contributed by atoms with van der Waals surface area (Å²) in [4.78, 5) is 0. The Morgan fingerprint density at radius 2 is 1.84 bits per heavy atom. The topological polar surface area (TPSA) is 53.1 Å². The molecule has 0 spiro atoms. The van der Waals surface area contributed by atoms with Crippen molar-refractivity contribution in [2.45, 2.75) is 32.1 Å². The Kier molecular flexibility index (Phi) is 4.35. The number of aryl methyl sites for hydroxylation is 1. The van der Waals surface area contributed by atoms with Crippen LogP contribution in [0.25, 0.3) is 0 Å². The number of nitrogens with zero attached hydrogens (tertiary/aromatic N) is 2. The Labute approximate surface area is 114 Å². The number of aromatic nitrogens is 2. The van der Waals surface area contributed by atoms with Crippen LogP contribution in [-0.2, 0) is 11.8 Å². The second-order valence-electron chi connectivity index (χ2n) is 4.92. The fourth-order valence-corrected chi connectivity index (χ4v) is 2.12. The second-order valence-corrected chi connectivity index (χ2v) is 4.92. The van der Waals surface area contributed by atoms with Gasteiger partial charge in [0.05, 0.1) is 12.3 Å². The Balaban J connectivity index is 2.13. The van der Waals surface area contributed by atoms with Crippen molar-refractivity contribution in [3.8, 4) is 0 Å². The number of nitrogens with two attached hydrogens (primary N) is 1. The predicted octanol–water partition coefficient (Wildman–Crippen LogP) is 2.59. The standard InChI is InChI=1S/C15H21N3O/c1-11(16)15(14-9-17-18(3)10-14)19-12(2)13-7-5-4-6-8-13/h4-12,15H,16H2,1-3H3. The van der Waals surface area contributed by atoms with Crippen molar-refractivity contribution in [1.82, 2.24) is 9.78 Å². The molecule has 1 heterocycles. The minimum atomic E-state index is -0.149. The average Bonchev–Trinajstić information content (AvgIpc) is 2.82. The SMILES string of the molecule is CC(OC(c1cnn(C)c1)C(C)N)c1ccccc1. The van der Waals surface area contributed by atoms with Gasteiger partial charge in [-0.25, -0.2) is 0 Å². The van der Waals surface area contributed by atoms with Gasteiger partial charge in [-0.2, -0.15) is 5.10 Å². The first-order valence-corrected chi connectivity index (χ1v) is 6.52. The molecule has 0 bridgehead atoms. The molecule has 4 heteroatoms. The lowest BCUT2D eigenvalue weighted by Crippen LogP contribution is -2.27. The molecule has 1 aromatic heterocycles. The van der Waals surface area contributed by atoms with Crippen LogP contribution >= 0.6 is 0 Å². The van der Waals surface area contributed by atoms with E-state index in [2.05, 4.69) is 17.2 Å². The van der Waals surface area contributed by atoms with Crippen LogP contribution in [0.5, 0.6) is 0 Å². The van der Waals surface area contributed by atoms with Gasteiger partial charge in [0, 0.05) is 24.8 Å². The first-order chi connectivity index (χ1) is 9.08. The molecule has 0 aliphatic heterocycles. The molecule has 0 aliphatic carbocycles. The molecule has 4 nitrogen and oxygen atoms in total. The zero-order chi connectivity index (χ0) is 13.8. The zero-order valence-electron chi connectivity index (χ0n) is 11.7. The minimum Gasteiger partial charge on any atom is -0.364 e. The maximum Gasteiger partial charge on any atom is 0.101 e. The molecule has 2 rings (SSSR count). The quantitative estimate of drug-likeness (QED) is 0.898. The molecule has 0 saturated carbocycles. The van der Waals surface area contributed by atoms with E-state index in [-0.39, 0.29) is 18.2 Å². The highest BCUT2D eigenvalue weighted by Crippen LogP contribution is 2.27. The van der Waals surface area contributed by atoms with E-state index in [9.17, 15) is 0 Å². The largest absolute Gasteiger partial charge is 0.364 e. The van der Waals surface area contributed by atoms with Gasteiger partial charge in [0.2, 0.25) is 0 Å². The summed E-state index contributed by atoms with van der Waals surface area (Å²) in [5.74, 6) is 0. The Hall–Kier alpha value is -1.65. The fourth-order valence-electron chi connectivity index (χ4n) is 2.12. The summed E-state index contributed by atoms with van der Waals surface area (Å²) in [6.45, 7) is 4.00. The van der Waals surface area contributed by atoms with Gasteiger partial charge in [-0.1, -0.05) is 30.3 Å². The monoisotopic (exact) mass is 259 g/mol. The van der Waals surface area contributed by atoms with E-state index >= 15 is 0 Å². The fraction of sp³-hybridized carbons (Fsp3) is 0.400. The molecule has 2 N–H and O–H groups in total. The van der Waals surface area contributed by atoms with Crippen LogP contribution in [0, 0.1) is 0 Å². The third-order valence-corrected chi connectivity index (χ3v) is 3.15. The summed E-state index contributed by atoms with van der Waals surface area (Å²) < 4.78 is 7.88. The van der Waals surface area contributed by atoms with E-state index in [4.69, 9.17) is 10.5 Å². The molecule has 0 saturated heterocycles. The highest BCUT2D eigenvalue weighted by molar-refractivity contribution is 5.18. The Bertz CT molecular complexity index is 507. The molecule has 1 aromatic carbocycles. The Morgan fingerprint density at radius 3 is 2.37 bits per heavy atom. The maximum atomic E-state index is 6.12. The van der Waals surface area contributed by atoms with Gasteiger partial charge in [0.15, 0.2) is 0 Å². The van der Waals surface area contributed by atoms with E-state index in [1.54, 1.807) is 4.68 Å². The first-order valence-electron chi connectivity index (χ1n) is 6.52. The van der Waals surface area contributed by atoms with Crippen molar-refractivity contribution in [3.63, 3.8) is 0 Å². The van der Waals surface area contributed by atoms with Crippen molar-refractivity contribution < 1.29 is 4.74 Å². The number of benzene rings is 1. The third kappa shape index (κ3) is 3.43. The third-order valence-electron chi connectivity index (χ3n) is 3.15. The minimum absolute atomic E-state index is 0.00240. The average molecular weight is 259 g/mol. The molecule has 2 aromatic rings. The van der Waals surface area contributed by atoms with Gasteiger partial charge in [0.1, 0.15) is 6.10 Å².